The molecular formula is C16H13BrN2O2S. The topological polar surface area (TPSA) is 48.2 Å². The number of benzene rings is 2. The van der Waals surface area contributed by atoms with E-state index in [1.807, 2.05) is 42.5 Å². The maximum Gasteiger partial charge on any atom is 0.247 e. The fraction of sp³-hybridized carbons (Fsp3) is 0.125. The first-order chi connectivity index (χ1) is 10.8. The van der Waals surface area contributed by atoms with Crippen molar-refractivity contribution in [3.05, 3.63) is 58.9 Å². The molecule has 0 N–H and O–H groups in total. The Balaban J connectivity index is 1.69. The van der Waals surface area contributed by atoms with Crippen molar-refractivity contribution in [1.29, 1.82) is 0 Å². The molecule has 0 radical (unpaired) electrons. The quantitative estimate of drug-likeness (QED) is 0.598. The summed E-state index contributed by atoms with van der Waals surface area (Å²) in [4.78, 5) is 1.15. The molecule has 0 spiro atoms. The van der Waals surface area contributed by atoms with Crippen LogP contribution in [0, 0.1) is 0 Å². The lowest BCUT2D eigenvalue weighted by atomic mass is 10.2. The largest absolute Gasteiger partial charge is 0.497 e. The van der Waals surface area contributed by atoms with E-state index >= 15 is 0 Å². The molecule has 112 valence electrons. The van der Waals surface area contributed by atoms with E-state index in [1.165, 1.54) is 0 Å². The second-order valence-electron chi connectivity index (χ2n) is 4.45. The van der Waals surface area contributed by atoms with Crippen molar-refractivity contribution in [3.63, 3.8) is 0 Å². The van der Waals surface area contributed by atoms with Crippen molar-refractivity contribution in [1.82, 2.24) is 10.2 Å². The van der Waals surface area contributed by atoms with Gasteiger partial charge in [0.2, 0.25) is 11.8 Å². The highest BCUT2D eigenvalue weighted by Crippen LogP contribution is 2.30. The number of rotatable bonds is 5. The molecule has 0 saturated heterocycles. The Labute approximate surface area is 141 Å². The van der Waals surface area contributed by atoms with Crippen LogP contribution in [0.4, 0.5) is 0 Å². The van der Waals surface area contributed by atoms with Crippen LogP contribution in [0.2, 0.25) is 0 Å². The Kier molecular flexibility index (Phi) is 4.80. The molecule has 0 amide bonds. The first-order valence-electron chi connectivity index (χ1n) is 6.60. The molecule has 0 aliphatic heterocycles. The van der Waals surface area contributed by atoms with E-state index in [1.54, 1.807) is 18.9 Å². The number of ether oxygens (including phenoxy) is 1. The zero-order valence-electron chi connectivity index (χ0n) is 11.8. The van der Waals surface area contributed by atoms with Crippen molar-refractivity contribution < 1.29 is 9.15 Å². The predicted octanol–water partition coefficient (Wildman–Crippen LogP) is 4.80. The van der Waals surface area contributed by atoms with Gasteiger partial charge in [-0.15, -0.1) is 22.0 Å². The van der Waals surface area contributed by atoms with Gasteiger partial charge in [0.25, 0.3) is 0 Å². The van der Waals surface area contributed by atoms with Crippen LogP contribution in [0.1, 0.15) is 5.89 Å². The van der Waals surface area contributed by atoms with Crippen LogP contribution in [0.15, 0.2) is 62.3 Å². The van der Waals surface area contributed by atoms with Crippen LogP contribution < -0.4 is 4.74 Å². The van der Waals surface area contributed by atoms with Gasteiger partial charge >= 0.3 is 0 Å². The molecule has 3 rings (SSSR count). The minimum atomic E-state index is 0.519. The summed E-state index contributed by atoms with van der Waals surface area (Å²) in [5.41, 5.74) is 0.880. The first-order valence-corrected chi connectivity index (χ1v) is 8.38. The second kappa shape index (κ2) is 6.98. The van der Waals surface area contributed by atoms with Crippen molar-refractivity contribution >= 4 is 27.7 Å². The van der Waals surface area contributed by atoms with E-state index in [2.05, 4.69) is 32.2 Å². The van der Waals surface area contributed by atoms with Gasteiger partial charge in [-0.2, -0.15) is 0 Å². The van der Waals surface area contributed by atoms with Crippen molar-refractivity contribution in [2.75, 3.05) is 7.11 Å². The van der Waals surface area contributed by atoms with Crippen LogP contribution in [0.25, 0.3) is 11.5 Å². The number of hydrogen-bond acceptors (Lipinski definition) is 5. The maximum atomic E-state index is 5.71. The third-order valence-electron chi connectivity index (χ3n) is 2.99. The molecule has 0 atom stereocenters. The van der Waals surface area contributed by atoms with E-state index in [0.717, 1.165) is 20.7 Å². The normalized spacial score (nSPS) is 10.6. The van der Waals surface area contributed by atoms with E-state index < -0.39 is 0 Å². The van der Waals surface area contributed by atoms with E-state index in [0.29, 0.717) is 17.5 Å². The summed E-state index contributed by atoms with van der Waals surface area (Å²) >= 11 is 5.18. The Morgan fingerprint density at radius 1 is 1.09 bits per heavy atom. The molecule has 0 aliphatic carbocycles. The van der Waals surface area contributed by atoms with E-state index in [-0.39, 0.29) is 0 Å². The fourth-order valence-electron chi connectivity index (χ4n) is 1.86. The highest BCUT2D eigenvalue weighted by molar-refractivity contribution is 9.10. The van der Waals surface area contributed by atoms with E-state index in [4.69, 9.17) is 9.15 Å². The zero-order chi connectivity index (χ0) is 15.4. The fourth-order valence-corrected chi connectivity index (χ4v) is 3.27. The number of hydrogen-bond donors (Lipinski definition) is 0. The SMILES string of the molecule is COc1ccc(-c2nnc(CSc3ccccc3Br)o2)cc1. The molecule has 0 unspecified atom stereocenters. The van der Waals surface area contributed by atoms with Crippen molar-refractivity contribution in [2.24, 2.45) is 0 Å². The van der Waals surface area contributed by atoms with Gasteiger partial charge in [0, 0.05) is 14.9 Å². The molecule has 2 aromatic carbocycles. The lowest BCUT2D eigenvalue weighted by Crippen LogP contribution is -1.82. The van der Waals surface area contributed by atoms with Crippen LogP contribution in [-0.4, -0.2) is 17.3 Å². The molecule has 0 saturated carbocycles. The van der Waals surface area contributed by atoms with E-state index in [9.17, 15) is 0 Å². The molecule has 0 bridgehead atoms. The summed E-state index contributed by atoms with van der Waals surface area (Å²) in [6, 6.07) is 15.6. The Bertz CT molecular complexity index is 759. The molecule has 4 nitrogen and oxygen atoms in total. The molecular weight excluding hydrogens is 364 g/mol. The number of aromatic nitrogens is 2. The highest BCUT2D eigenvalue weighted by atomic mass is 79.9. The molecule has 0 aliphatic rings. The Hall–Kier alpha value is -1.79. The van der Waals surface area contributed by atoms with Crippen molar-refractivity contribution in [3.8, 4) is 17.2 Å². The predicted molar refractivity (Wildman–Crippen MR) is 90.0 cm³/mol. The number of methoxy groups -OCH3 is 1. The summed E-state index contributed by atoms with van der Waals surface area (Å²) in [7, 11) is 1.64. The number of thioether (sulfide) groups is 1. The number of halogens is 1. The number of nitrogens with zero attached hydrogens (tertiary/aromatic N) is 2. The maximum absolute atomic E-state index is 5.71. The minimum Gasteiger partial charge on any atom is -0.497 e. The highest BCUT2D eigenvalue weighted by Gasteiger charge is 2.10. The molecule has 3 aromatic rings. The summed E-state index contributed by atoms with van der Waals surface area (Å²) in [5.74, 6) is 2.55. The zero-order valence-corrected chi connectivity index (χ0v) is 14.2. The van der Waals surface area contributed by atoms with Gasteiger partial charge in [-0.05, 0) is 52.3 Å². The monoisotopic (exact) mass is 376 g/mol. The third-order valence-corrected chi connectivity index (χ3v) is 5.00. The van der Waals surface area contributed by atoms with Gasteiger partial charge in [0.1, 0.15) is 5.75 Å². The first kappa shape index (κ1) is 15.1. The van der Waals surface area contributed by atoms with Gasteiger partial charge in [0.15, 0.2) is 0 Å². The standard InChI is InChI=1S/C16H13BrN2O2S/c1-20-12-8-6-11(7-9-12)16-19-18-15(21-16)10-22-14-5-3-2-4-13(14)17/h2-9H,10H2,1H3. The van der Waals surface area contributed by atoms with Gasteiger partial charge in [-0.1, -0.05) is 12.1 Å². The lowest BCUT2D eigenvalue weighted by molar-refractivity contribution is 0.415. The average Bonchev–Trinajstić information content (AvgIpc) is 3.03. The van der Waals surface area contributed by atoms with Crippen LogP contribution >= 0.6 is 27.7 Å². The summed E-state index contributed by atoms with van der Waals surface area (Å²) < 4.78 is 11.9. The van der Waals surface area contributed by atoms with Gasteiger partial charge in [0.05, 0.1) is 12.9 Å². The Morgan fingerprint density at radius 3 is 2.59 bits per heavy atom. The average molecular weight is 377 g/mol. The molecule has 1 aromatic heterocycles. The minimum absolute atomic E-state index is 0.519. The van der Waals surface area contributed by atoms with Crippen LogP contribution in [0.3, 0.4) is 0 Å². The Morgan fingerprint density at radius 2 is 1.86 bits per heavy atom. The van der Waals surface area contributed by atoms with Crippen molar-refractivity contribution in [2.45, 2.75) is 10.6 Å². The van der Waals surface area contributed by atoms with Crippen LogP contribution in [0.5, 0.6) is 5.75 Å². The summed E-state index contributed by atoms with van der Waals surface area (Å²) in [5, 5.41) is 8.19. The summed E-state index contributed by atoms with van der Waals surface area (Å²) in [6.45, 7) is 0. The smallest absolute Gasteiger partial charge is 0.247 e. The lowest BCUT2D eigenvalue weighted by Gasteiger charge is -2.01. The van der Waals surface area contributed by atoms with Gasteiger partial charge < -0.3 is 9.15 Å². The molecule has 0 fully saturated rings. The second-order valence-corrected chi connectivity index (χ2v) is 6.32. The molecule has 22 heavy (non-hydrogen) atoms. The summed E-state index contributed by atoms with van der Waals surface area (Å²) in [6.07, 6.45) is 0. The third kappa shape index (κ3) is 3.51. The van der Waals surface area contributed by atoms with Gasteiger partial charge in [-0.3, -0.25) is 0 Å². The molecule has 1 heterocycles. The molecule has 6 heteroatoms. The van der Waals surface area contributed by atoms with Gasteiger partial charge in [-0.25, -0.2) is 0 Å². The van der Waals surface area contributed by atoms with Crippen LogP contribution in [-0.2, 0) is 5.75 Å².